The fourth-order valence-electron chi connectivity index (χ4n) is 2.70. The van der Waals surface area contributed by atoms with Crippen molar-refractivity contribution in [2.75, 3.05) is 6.54 Å². The monoisotopic (exact) mass is 369 g/mol. The maximum atomic E-state index is 12.9. The van der Waals surface area contributed by atoms with Gasteiger partial charge in [-0.25, -0.2) is 4.39 Å². The lowest BCUT2D eigenvalue weighted by Crippen LogP contribution is -2.36. The van der Waals surface area contributed by atoms with E-state index in [4.69, 9.17) is 12.2 Å². The summed E-state index contributed by atoms with van der Waals surface area (Å²) in [5.74, 6) is -0.259. The van der Waals surface area contributed by atoms with Gasteiger partial charge in [0.05, 0.1) is 0 Å². The number of nitrogens with one attached hydrogen (secondary N) is 3. The maximum absolute atomic E-state index is 12.9. The molecular formula is C20H20FN3OS. The number of benzene rings is 2. The zero-order chi connectivity index (χ0) is 18.5. The van der Waals surface area contributed by atoms with Crippen LogP contribution in [0.15, 0.2) is 53.3 Å². The number of aromatic nitrogens is 1. The summed E-state index contributed by atoms with van der Waals surface area (Å²) >= 11 is 5.24. The first-order chi connectivity index (χ1) is 12.5. The van der Waals surface area contributed by atoms with E-state index >= 15 is 0 Å². The summed E-state index contributed by atoms with van der Waals surface area (Å²) in [6.07, 6.45) is 0.567. The molecule has 0 aliphatic heterocycles. The number of pyridine rings is 1. The number of hydrogen-bond acceptors (Lipinski definition) is 2. The summed E-state index contributed by atoms with van der Waals surface area (Å²) in [5, 5.41) is 7.68. The Kier molecular flexibility index (Phi) is 5.63. The number of halogens is 1. The minimum Gasteiger partial charge on any atom is -0.362 e. The van der Waals surface area contributed by atoms with Crippen LogP contribution in [-0.2, 0) is 13.0 Å². The zero-order valence-electron chi connectivity index (χ0n) is 14.4. The zero-order valence-corrected chi connectivity index (χ0v) is 15.3. The Bertz CT molecular complexity index is 983. The van der Waals surface area contributed by atoms with Gasteiger partial charge in [-0.1, -0.05) is 24.3 Å². The first-order valence-electron chi connectivity index (χ1n) is 8.40. The molecule has 0 spiro atoms. The normalized spacial score (nSPS) is 10.7. The molecule has 0 saturated heterocycles. The Balaban J connectivity index is 1.52. The Morgan fingerprint density at radius 2 is 1.88 bits per heavy atom. The Hall–Kier alpha value is -2.73. The molecule has 0 fully saturated rings. The number of aryl methyl sites for hydroxylation is 1. The molecule has 4 nitrogen and oxygen atoms in total. The summed E-state index contributed by atoms with van der Waals surface area (Å²) in [6, 6.07) is 14.2. The van der Waals surface area contributed by atoms with Gasteiger partial charge in [0.25, 0.3) is 5.56 Å². The van der Waals surface area contributed by atoms with E-state index in [1.54, 1.807) is 12.1 Å². The average Bonchev–Trinajstić information content (AvgIpc) is 2.62. The number of hydrogen-bond donors (Lipinski definition) is 3. The fraction of sp³-hybridized carbons (Fsp3) is 0.200. The molecule has 1 aromatic heterocycles. The van der Waals surface area contributed by atoms with Crippen LogP contribution < -0.4 is 16.2 Å². The van der Waals surface area contributed by atoms with Crippen molar-refractivity contribution in [1.82, 2.24) is 15.6 Å². The Morgan fingerprint density at radius 1 is 1.12 bits per heavy atom. The first-order valence-corrected chi connectivity index (χ1v) is 8.81. The number of aromatic amines is 1. The van der Waals surface area contributed by atoms with Crippen molar-refractivity contribution < 1.29 is 4.39 Å². The molecule has 134 valence electrons. The molecule has 3 N–H and O–H groups in total. The quantitative estimate of drug-likeness (QED) is 0.605. The van der Waals surface area contributed by atoms with Gasteiger partial charge < -0.3 is 15.6 Å². The van der Waals surface area contributed by atoms with Crippen LogP contribution >= 0.6 is 12.2 Å². The van der Waals surface area contributed by atoms with E-state index in [1.807, 2.05) is 31.2 Å². The molecule has 2 aromatic carbocycles. The molecule has 0 bridgehead atoms. The minimum absolute atomic E-state index is 0.0740. The van der Waals surface area contributed by atoms with Gasteiger partial charge in [-0.05, 0) is 66.3 Å². The van der Waals surface area contributed by atoms with Crippen LogP contribution in [-0.4, -0.2) is 16.6 Å². The highest BCUT2D eigenvalue weighted by Gasteiger charge is 2.04. The number of fused-ring (bicyclic) bond motifs is 1. The molecule has 0 saturated carbocycles. The van der Waals surface area contributed by atoms with E-state index in [9.17, 15) is 9.18 Å². The van der Waals surface area contributed by atoms with Gasteiger partial charge in [-0.15, -0.1) is 0 Å². The molecule has 0 amide bonds. The molecule has 26 heavy (non-hydrogen) atoms. The van der Waals surface area contributed by atoms with E-state index < -0.39 is 0 Å². The Labute approximate surface area is 156 Å². The van der Waals surface area contributed by atoms with Gasteiger partial charge >= 0.3 is 0 Å². The van der Waals surface area contributed by atoms with Crippen molar-refractivity contribution in [3.63, 3.8) is 0 Å². The van der Waals surface area contributed by atoms with Crippen LogP contribution in [0.4, 0.5) is 4.39 Å². The molecule has 1 heterocycles. The van der Waals surface area contributed by atoms with Crippen molar-refractivity contribution >= 4 is 28.2 Å². The smallest absolute Gasteiger partial charge is 0.251 e. The van der Waals surface area contributed by atoms with E-state index in [0.29, 0.717) is 24.6 Å². The number of H-pyrrole nitrogens is 1. The highest BCUT2D eigenvalue weighted by atomic mass is 32.1. The Morgan fingerprint density at radius 3 is 2.65 bits per heavy atom. The van der Waals surface area contributed by atoms with Crippen molar-refractivity contribution in [2.24, 2.45) is 0 Å². The lowest BCUT2D eigenvalue weighted by atomic mass is 10.1. The van der Waals surface area contributed by atoms with Gasteiger partial charge in [-0.2, -0.15) is 0 Å². The van der Waals surface area contributed by atoms with Gasteiger partial charge in [0.1, 0.15) is 5.82 Å². The molecule has 0 aliphatic carbocycles. The van der Waals surface area contributed by atoms with Crippen LogP contribution in [0.5, 0.6) is 0 Å². The largest absolute Gasteiger partial charge is 0.362 e. The molecule has 0 atom stereocenters. The SMILES string of the molecule is Cc1ccc2cc(CCNC(=S)NCc3ccc(F)cc3)c(=O)[nH]c2c1. The van der Waals surface area contributed by atoms with Crippen LogP contribution in [0.3, 0.4) is 0 Å². The fourth-order valence-corrected chi connectivity index (χ4v) is 2.88. The van der Waals surface area contributed by atoms with Crippen LogP contribution in [0, 0.1) is 12.7 Å². The summed E-state index contributed by atoms with van der Waals surface area (Å²) in [5.41, 5.74) is 3.55. The second-order valence-electron chi connectivity index (χ2n) is 6.20. The lowest BCUT2D eigenvalue weighted by molar-refractivity contribution is 0.626. The minimum atomic E-state index is -0.259. The molecular weight excluding hydrogens is 349 g/mol. The third-order valence-electron chi connectivity index (χ3n) is 4.12. The van der Waals surface area contributed by atoms with Gasteiger partial charge in [0, 0.05) is 24.2 Å². The van der Waals surface area contributed by atoms with Crippen molar-refractivity contribution in [3.8, 4) is 0 Å². The second-order valence-corrected chi connectivity index (χ2v) is 6.61. The number of thiocarbonyl (C=S) groups is 1. The molecule has 0 unspecified atom stereocenters. The lowest BCUT2D eigenvalue weighted by Gasteiger charge is -2.11. The summed E-state index contributed by atoms with van der Waals surface area (Å²) < 4.78 is 12.9. The number of rotatable bonds is 5. The third kappa shape index (κ3) is 4.67. The van der Waals surface area contributed by atoms with Crippen molar-refractivity contribution in [3.05, 3.63) is 81.4 Å². The van der Waals surface area contributed by atoms with Crippen LogP contribution in [0.1, 0.15) is 16.7 Å². The predicted octanol–water partition coefficient (Wildman–Crippen LogP) is 3.18. The average molecular weight is 369 g/mol. The van der Waals surface area contributed by atoms with Crippen LogP contribution in [0.2, 0.25) is 0 Å². The maximum Gasteiger partial charge on any atom is 0.251 e. The summed E-state index contributed by atoms with van der Waals surface area (Å²) in [6.45, 7) is 3.06. The van der Waals surface area contributed by atoms with Gasteiger partial charge in [0.2, 0.25) is 0 Å². The highest BCUT2D eigenvalue weighted by Crippen LogP contribution is 2.13. The standard InChI is InChI=1S/C20H20FN3OS/c1-13-2-5-15-11-16(19(25)24-18(15)10-13)8-9-22-20(26)23-12-14-3-6-17(21)7-4-14/h2-7,10-11H,8-9,12H2,1H3,(H,24,25)(H2,22,23,26). The predicted molar refractivity (Wildman–Crippen MR) is 107 cm³/mol. The molecule has 3 aromatic rings. The topological polar surface area (TPSA) is 56.9 Å². The first kappa shape index (κ1) is 18.1. The third-order valence-corrected chi connectivity index (χ3v) is 4.41. The van der Waals surface area contributed by atoms with E-state index in [-0.39, 0.29) is 11.4 Å². The van der Waals surface area contributed by atoms with Crippen molar-refractivity contribution in [1.29, 1.82) is 0 Å². The van der Waals surface area contributed by atoms with Gasteiger partial charge in [-0.3, -0.25) is 4.79 Å². The van der Waals surface area contributed by atoms with Crippen molar-refractivity contribution in [2.45, 2.75) is 19.9 Å². The molecule has 0 radical (unpaired) electrons. The summed E-state index contributed by atoms with van der Waals surface area (Å²) in [4.78, 5) is 15.1. The highest BCUT2D eigenvalue weighted by molar-refractivity contribution is 7.80. The second kappa shape index (κ2) is 8.10. The molecule has 3 rings (SSSR count). The van der Waals surface area contributed by atoms with E-state index in [2.05, 4.69) is 15.6 Å². The van der Waals surface area contributed by atoms with E-state index in [0.717, 1.165) is 27.6 Å². The van der Waals surface area contributed by atoms with E-state index in [1.165, 1.54) is 12.1 Å². The van der Waals surface area contributed by atoms with Gasteiger partial charge in [0.15, 0.2) is 5.11 Å². The molecule has 0 aliphatic rings. The summed E-state index contributed by atoms with van der Waals surface area (Å²) in [7, 11) is 0. The van der Waals surface area contributed by atoms with Crippen LogP contribution in [0.25, 0.3) is 10.9 Å². The molecule has 6 heteroatoms.